The van der Waals surface area contributed by atoms with Crippen LogP contribution < -0.4 is 5.32 Å². The van der Waals surface area contributed by atoms with Crippen LogP contribution in [0.1, 0.15) is 42.0 Å². The predicted octanol–water partition coefficient (Wildman–Crippen LogP) is 2.34. The van der Waals surface area contributed by atoms with Gasteiger partial charge in [-0.25, -0.2) is 4.98 Å². The normalized spacial score (nSPS) is 10.6. The van der Waals surface area contributed by atoms with Gasteiger partial charge in [-0.05, 0) is 26.3 Å². The van der Waals surface area contributed by atoms with E-state index in [0.717, 1.165) is 11.3 Å². The van der Waals surface area contributed by atoms with Crippen LogP contribution in [-0.2, 0) is 11.3 Å². The van der Waals surface area contributed by atoms with Gasteiger partial charge in [0.15, 0.2) is 0 Å². The Morgan fingerprint density at radius 1 is 1.12 bits per heavy atom. The smallest absolute Gasteiger partial charge is 0.274 e. The molecular formula is C19H24N4O2. The topological polar surface area (TPSA) is 75.2 Å². The highest BCUT2D eigenvalue weighted by Crippen LogP contribution is 2.09. The zero-order valence-electron chi connectivity index (χ0n) is 14.9. The molecule has 6 nitrogen and oxygen atoms in total. The van der Waals surface area contributed by atoms with Crippen molar-refractivity contribution in [2.75, 3.05) is 6.54 Å². The van der Waals surface area contributed by atoms with E-state index < -0.39 is 0 Å². The van der Waals surface area contributed by atoms with Gasteiger partial charge in [0.1, 0.15) is 5.69 Å². The molecule has 0 aliphatic carbocycles. The predicted molar refractivity (Wildman–Crippen MR) is 95.8 cm³/mol. The number of rotatable bonds is 7. The first-order chi connectivity index (χ1) is 12.0. The second kappa shape index (κ2) is 8.92. The largest absolute Gasteiger partial charge is 0.354 e. The Morgan fingerprint density at radius 2 is 1.84 bits per heavy atom. The molecular weight excluding hydrogens is 316 g/mol. The highest BCUT2D eigenvalue weighted by molar-refractivity contribution is 5.92. The number of benzene rings is 1. The average molecular weight is 340 g/mol. The molecule has 1 heterocycles. The van der Waals surface area contributed by atoms with Gasteiger partial charge in [0, 0.05) is 31.7 Å². The highest BCUT2D eigenvalue weighted by Gasteiger charge is 2.19. The maximum atomic E-state index is 12.8. The molecule has 0 radical (unpaired) electrons. The van der Waals surface area contributed by atoms with Gasteiger partial charge >= 0.3 is 0 Å². The summed E-state index contributed by atoms with van der Waals surface area (Å²) in [5.74, 6) is -0.301. The summed E-state index contributed by atoms with van der Waals surface area (Å²) in [6.07, 6.45) is 3.29. The van der Waals surface area contributed by atoms with Crippen LogP contribution >= 0.6 is 0 Å². The summed E-state index contributed by atoms with van der Waals surface area (Å²) in [6.45, 7) is 6.38. The first-order valence-corrected chi connectivity index (χ1v) is 8.37. The molecule has 0 saturated heterocycles. The van der Waals surface area contributed by atoms with Gasteiger partial charge < -0.3 is 10.2 Å². The molecule has 0 spiro atoms. The van der Waals surface area contributed by atoms with Crippen molar-refractivity contribution in [1.29, 1.82) is 0 Å². The monoisotopic (exact) mass is 340 g/mol. The van der Waals surface area contributed by atoms with Crippen LogP contribution in [0.4, 0.5) is 0 Å². The second-order valence-corrected chi connectivity index (χ2v) is 6.23. The lowest BCUT2D eigenvalue weighted by Crippen LogP contribution is -2.37. The number of aromatic nitrogens is 2. The SMILES string of the molecule is Cc1cnc(C(=O)N(CCC(=O)NC(C)C)Cc2ccccc2)cn1. The van der Waals surface area contributed by atoms with Crippen molar-refractivity contribution in [1.82, 2.24) is 20.2 Å². The highest BCUT2D eigenvalue weighted by atomic mass is 16.2. The summed E-state index contributed by atoms with van der Waals surface area (Å²) in [4.78, 5) is 34.7. The van der Waals surface area contributed by atoms with E-state index in [0.29, 0.717) is 13.1 Å². The number of aryl methyl sites for hydroxylation is 1. The maximum Gasteiger partial charge on any atom is 0.274 e. The van der Waals surface area contributed by atoms with Crippen molar-refractivity contribution in [3.8, 4) is 0 Å². The average Bonchev–Trinajstić information content (AvgIpc) is 2.59. The Labute approximate surface area is 148 Å². The molecule has 25 heavy (non-hydrogen) atoms. The maximum absolute atomic E-state index is 12.8. The van der Waals surface area contributed by atoms with Crippen molar-refractivity contribution >= 4 is 11.8 Å². The minimum absolute atomic E-state index is 0.0733. The molecule has 0 saturated carbocycles. The molecule has 1 aromatic heterocycles. The Bertz CT molecular complexity index is 699. The van der Waals surface area contributed by atoms with Crippen LogP contribution in [0.2, 0.25) is 0 Å². The Hall–Kier alpha value is -2.76. The van der Waals surface area contributed by atoms with Crippen molar-refractivity contribution in [2.45, 2.75) is 39.8 Å². The van der Waals surface area contributed by atoms with Crippen molar-refractivity contribution in [2.24, 2.45) is 0 Å². The Balaban J connectivity index is 2.11. The molecule has 132 valence electrons. The zero-order valence-corrected chi connectivity index (χ0v) is 14.9. The van der Waals surface area contributed by atoms with Gasteiger partial charge in [0.25, 0.3) is 5.91 Å². The van der Waals surface area contributed by atoms with Crippen LogP contribution in [0.25, 0.3) is 0 Å². The third-order valence-corrected chi connectivity index (χ3v) is 3.56. The third kappa shape index (κ3) is 5.99. The quantitative estimate of drug-likeness (QED) is 0.839. The van der Waals surface area contributed by atoms with Crippen molar-refractivity contribution in [3.63, 3.8) is 0 Å². The molecule has 2 aromatic rings. The lowest BCUT2D eigenvalue weighted by Gasteiger charge is -2.22. The number of amides is 2. The van der Waals surface area contributed by atoms with Gasteiger partial charge in [0.2, 0.25) is 5.91 Å². The number of hydrogen-bond acceptors (Lipinski definition) is 4. The van der Waals surface area contributed by atoms with Gasteiger partial charge in [-0.15, -0.1) is 0 Å². The standard InChI is InChI=1S/C19H24N4O2/c1-14(2)22-18(24)9-10-23(13-16-7-5-4-6-8-16)19(25)17-12-20-15(3)11-21-17/h4-8,11-12,14H,9-10,13H2,1-3H3,(H,22,24). The summed E-state index contributed by atoms with van der Waals surface area (Å²) in [7, 11) is 0. The fraction of sp³-hybridized carbons (Fsp3) is 0.368. The van der Waals surface area contributed by atoms with E-state index in [1.54, 1.807) is 11.1 Å². The van der Waals surface area contributed by atoms with Gasteiger partial charge in [0.05, 0.1) is 11.9 Å². The molecule has 0 bridgehead atoms. The van der Waals surface area contributed by atoms with E-state index in [9.17, 15) is 9.59 Å². The Morgan fingerprint density at radius 3 is 2.44 bits per heavy atom. The second-order valence-electron chi connectivity index (χ2n) is 6.23. The Kier molecular flexibility index (Phi) is 6.62. The number of hydrogen-bond donors (Lipinski definition) is 1. The summed E-state index contributed by atoms with van der Waals surface area (Å²) in [5, 5.41) is 2.84. The van der Waals surface area contributed by atoms with E-state index in [1.807, 2.05) is 51.1 Å². The van der Waals surface area contributed by atoms with E-state index in [1.165, 1.54) is 6.20 Å². The van der Waals surface area contributed by atoms with Crippen LogP contribution in [0, 0.1) is 6.92 Å². The van der Waals surface area contributed by atoms with Gasteiger partial charge in [-0.1, -0.05) is 30.3 Å². The molecule has 0 unspecified atom stereocenters. The van der Waals surface area contributed by atoms with Gasteiger partial charge in [-0.3, -0.25) is 14.6 Å². The molecule has 0 aliphatic rings. The molecule has 0 aliphatic heterocycles. The first kappa shape index (κ1) is 18.6. The van der Waals surface area contributed by atoms with E-state index >= 15 is 0 Å². The summed E-state index contributed by atoms with van der Waals surface area (Å²) in [6, 6.07) is 9.76. The fourth-order valence-corrected chi connectivity index (χ4v) is 2.35. The molecule has 2 rings (SSSR count). The molecule has 0 atom stereocenters. The molecule has 2 amide bonds. The first-order valence-electron chi connectivity index (χ1n) is 8.37. The molecule has 6 heteroatoms. The number of nitrogens with zero attached hydrogens (tertiary/aromatic N) is 3. The summed E-state index contributed by atoms with van der Waals surface area (Å²) < 4.78 is 0. The van der Waals surface area contributed by atoms with Crippen LogP contribution in [0.3, 0.4) is 0 Å². The molecule has 1 N–H and O–H groups in total. The van der Waals surface area contributed by atoms with Gasteiger partial charge in [-0.2, -0.15) is 0 Å². The molecule has 1 aromatic carbocycles. The van der Waals surface area contributed by atoms with Crippen LogP contribution in [0.15, 0.2) is 42.7 Å². The lowest BCUT2D eigenvalue weighted by molar-refractivity contribution is -0.121. The number of nitrogens with one attached hydrogen (secondary N) is 1. The van der Waals surface area contributed by atoms with Crippen molar-refractivity contribution < 1.29 is 9.59 Å². The van der Waals surface area contributed by atoms with Crippen molar-refractivity contribution in [3.05, 3.63) is 59.7 Å². The zero-order chi connectivity index (χ0) is 18.2. The van der Waals surface area contributed by atoms with Crippen LogP contribution in [0.5, 0.6) is 0 Å². The third-order valence-electron chi connectivity index (χ3n) is 3.56. The number of carbonyl (C=O) groups is 2. The van der Waals surface area contributed by atoms with E-state index in [4.69, 9.17) is 0 Å². The van der Waals surface area contributed by atoms with E-state index in [2.05, 4.69) is 15.3 Å². The fourth-order valence-electron chi connectivity index (χ4n) is 2.35. The lowest BCUT2D eigenvalue weighted by atomic mass is 10.2. The number of carbonyl (C=O) groups excluding carboxylic acids is 2. The molecule has 0 fully saturated rings. The summed E-state index contributed by atoms with van der Waals surface area (Å²) in [5.41, 5.74) is 2.04. The minimum atomic E-state index is -0.228. The minimum Gasteiger partial charge on any atom is -0.354 e. The van der Waals surface area contributed by atoms with E-state index in [-0.39, 0.29) is 30.0 Å². The van der Waals surface area contributed by atoms with Crippen LogP contribution in [-0.4, -0.2) is 39.3 Å². The summed E-state index contributed by atoms with van der Waals surface area (Å²) >= 11 is 0.